The lowest BCUT2D eigenvalue weighted by molar-refractivity contribution is 0.0679. The van der Waals surface area contributed by atoms with Crippen LogP contribution in [0.25, 0.3) is 0 Å². The van der Waals surface area contributed by atoms with E-state index < -0.39 is 0 Å². The molecule has 6 nitrogen and oxygen atoms in total. The summed E-state index contributed by atoms with van der Waals surface area (Å²) in [4.78, 5) is 24.5. The van der Waals surface area contributed by atoms with Gasteiger partial charge in [0.2, 0.25) is 0 Å². The van der Waals surface area contributed by atoms with Crippen LogP contribution in [0.4, 0.5) is 0 Å². The number of rotatable bonds is 10. The van der Waals surface area contributed by atoms with Gasteiger partial charge >= 0.3 is 0 Å². The number of benzene rings is 2. The summed E-state index contributed by atoms with van der Waals surface area (Å²) in [6.07, 6.45) is 4.24. The number of hydrogen-bond donors (Lipinski definition) is 2. The van der Waals surface area contributed by atoms with E-state index in [0.29, 0.717) is 36.6 Å². The van der Waals surface area contributed by atoms with Crippen molar-refractivity contribution in [1.29, 1.82) is 0 Å². The Hall–Kier alpha value is -2.86. The predicted octanol–water partition coefficient (Wildman–Crippen LogP) is 3.70. The summed E-state index contributed by atoms with van der Waals surface area (Å²) in [6, 6.07) is 14.4. The van der Waals surface area contributed by atoms with Crippen molar-refractivity contribution < 1.29 is 19.1 Å². The van der Waals surface area contributed by atoms with E-state index in [9.17, 15) is 9.59 Å². The molecule has 2 amide bonds. The van der Waals surface area contributed by atoms with Crippen LogP contribution in [0, 0.1) is 0 Å². The minimum absolute atomic E-state index is 0.0705. The van der Waals surface area contributed by atoms with Crippen LogP contribution in [0.15, 0.2) is 48.5 Å². The quantitative estimate of drug-likeness (QED) is 0.586. The van der Waals surface area contributed by atoms with Crippen molar-refractivity contribution >= 4 is 11.8 Å². The maximum atomic E-state index is 12.5. The second-order valence-electron chi connectivity index (χ2n) is 7.46. The third kappa shape index (κ3) is 6.59. The number of amides is 2. The molecule has 3 rings (SSSR count). The third-order valence-electron chi connectivity index (χ3n) is 5.04. The fourth-order valence-corrected chi connectivity index (χ4v) is 3.23. The smallest absolute Gasteiger partial charge is 0.251 e. The van der Waals surface area contributed by atoms with Crippen molar-refractivity contribution in [2.45, 2.75) is 45.3 Å². The molecule has 6 heteroatoms. The summed E-state index contributed by atoms with van der Waals surface area (Å²) in [5.74, 6) is 0.425. The highest BCUT2D eigenvalue weighted by atomic mass is 16.5. The topological polar surface area (TPSA) is 76.7 Å². The van der Waals surface area contributed by atoms with E-state index in [1.807, 2.05) is 24.3 Å². The average molecular weight is 411 g/mol. The molecule has 1 aliphatic heterocycles. The zero-order valence-electron chi connectivity index (χ0n) is 17.5. The maximum Gasteiger partial charge on any atom is 0.251 e. The molecule has 0 bridgehead atoms. The van der Waals surface area contributed by atoms with Gasteiger partial charge in [-0.15, -0.1) is 0 Å². The molecule has 1 fully saturated rings. The Morgan fingerprint density at radius 2 is 1.87 bits per heavy atom. The molecule has 1 atom stereocenters. The Morgan fingerprint density at radius 1 is 1.07 bits per heavy atom. The molecule has 0 saturated carbocycles. The van der Waals surface area contributed by atoms with E-state index in [2.05, 4.69) is 17.6 Å². The van der Waals surface area contributed by atoms with E-state index in [0.717, 1.165) is 37.9 Å². The molecule has 0 spiro atoms. The van der Waals surface area contributed by atoms with Gasteiger partial charge in [0.15, 0.2) is 0 Å². The lowest BCUT2D eigenvalue weighted by Crippen LogP contribution is -2.25. The molecule has 1 heterocycles. The van der Waals surface area contributed by atoms with Gasteiger partial charge in [0, 0.05) is 30.8 Å². The van der Waals surface area contributed by atoms with Crippen molar-refractivity contribution in [1.82, 2.24) is 10.6 Å². The van der Waals surface area contributed by atoms with Crippen molar-refractivity contribution in [3.8, 4) is 5.75 Å². The van der Waals surface area contributed by atoms with Gasteiger partial charge in [-0.05, 0) is 55.2 Å². The molecule has 2 N–H and O–H groups in total. The number of nitrogens with one attached hydrogen (secondary N) is 2. The Morgan fingerprint density at radius 3 is 2.60 bits per heavy atom. The Labute approximate surface area is 178 Å². The SMILES string of the molecule is CCCCNC(=O)c1ccc(CNC(=O)c2cccc(OCC3CCCO3)c2)cc1. The van der Waals surface area contributed by atoms with Crippen molar-refractivity contribution in [2.24, 2.45) is 0 Å². The van der Waals surface area contributed by atoms with Gasteiger partial charge in [0.1, 0.15) is 12.4 Å². The molecule has 1 saturated heterocycles. The molecule has 2 aromatic rings. The van der Waals surface area contributed by atoms with Gasteiger partial charge in [0.25, 0.3) is 11.8 Å². The summed E-state index contributed by atoms with van der Waals surface area (Å²) >= 11 is 0. The molecule has 0 aromatic heterocycles. The van der Waals surface area contributed by atoms with Gasteiger partial charge in [-0.2, -0.15) is 0 Å². The van der Waals surface area contributed by atoms with Crippen molar-refractivity contribution in [2.75, 3.05) is 19.8 Å². The normalized spacial score (nSPS) is 15.6. The summed E-state index contributed by atoms with van der Waals surface area (Å²) in [5, 5.41) is 5.81. The van der Waals surface area contributed by atoms with Crippen LogP contribution >= 0.6 is 0 Å². The molecule has 30 heavy (non-hydrogen) atoms. The van der Waals surface area contributed by atoms with E-state index in [-0.39, 0.29) is 17.9 Å². The second-order valence-corrected chi connectivity index (χ2v) is 7.46. The van der Waals surface area contributed by atoms with Crippen LogP contribution in [-0.4, -0.2) is 37.7 Å². The lowest BCUT2D eigenvalue weighted by Gasteiger charge is -2.12. The van der Waals surface area contributed by atoms with Crippen LogP contribution in [0.3, 0.4) is 0 Å². The number of hydrogen-bond acceptors (Lipinski definition) is 4. The highest BCUT2D eigenvalue weighted by Crippen LogP contribution is 2.17. The number of unbranched alkanes of at least 4 members (excludes halogenated alkanes) is 1. The van der Waals surface area contributed by atoms with E-state index in [1.165, 1.54) is 0 Å². The highest BCUT2D eigenvalue weighted by molar-refractivity contribution is 5.95. The first-order chi connectivity index (χ1) is 14.7. The predicted molar refractivity (Wildman–Crippen MR) is 116 cm³/mol. The zero-order valence-corrected chi connectivity index (χ0v) is 17.5. The number of carbonyl (C=O) groups is 2. The Bertz CT molecular complexity index is 829. The minimum Gasteiger partial charge on any atom is -0.491 e. The number of ether oxygens (including phenoxy) is 2. The van der Waals surface area contributed by atoms with Crippen LogP contribution < -0.4 is 15.4 Å². The minimum atomic E-state index is -0.168. The molecule has 2 aromatic carbocycles. The molecule has 160 valence electrons. The highest BCUT2D eigenvalue weighted by Gasteiger charge is 2.16. The van der Waals surface area contributed by atoms with Gasteiger partial charge in [0.05, 0.1) is 6.10 Å². The van der Waals surface area contributed by atoms with Crippen LogP contribution in [-0.2, 0) is 11.3 Å². The van der Waals surface area contributed by atoms with Crippen LogP contribution in [0.2, 0.25) is 0 Å². The first kappa shape index (κ1) is 21.8. The largest absolute Gasteiger partial charge is 0.491 e. The monoisotopic (exact) mass is 410 g/mol. The maximum absolute atomic E-state index is 12.5. The first-order valence-electron chi connectivity index (χ1n) is 10.7. The molecule has 1 aliphatic rings. The van der Waals surface area contributed by atoms with E-state index in [4.69, 9.17) is 9.47 Å². The van der Waals surface area contributed by atoms with Gasteiger partial charge < -0.3 is 20.1 Å². The van der Waals surface area contributed by atoms with Gasteiger partial charge in [-0.25, -0.2) is 0 Å². The lowest BCUT2D eigenvalue weighted by atomic mass is 10.1. The van der Waals surface area contributed by atoms with E-state index in [1.54, 1.807) is 24.3 Å². The molecular formula is C24H30N2O4. The Kier molecular flexibility index (Phi) is 8.27. The fraction of sp³-hybridized carbons (Fsp3) is 0.417. The van der Waals surface area contributed by atoms with Crippen molar-refractivity contribution in [3.63, 3.8) is 0 Å². The fourth-order valence-electron chi connectivity index (χ4n) is 3.23. The first-order valence-corrected chi connectivity index (χ1v) is 10.7. The second kappa shape index (κ2) is 11.4. The van der Waals surface area contributed by atoms with E-state index >= 15 is 0 Å². The summed E-state index contributed by atoms with van der Waals surface area (Å²) in [5.41, 5.74) is 2.10. The summed E-state index contributed by atoms with van der Waals surface area (Å²) < 4.78 is 11.3. The Balaban J connectivity index is 1.47. The standard InChI is InChI=1S/C24H30N2O4/c1-2-3-13-25-23(27)19-11-9-18(10-12-19)16-26-24(28)20-6-4-7-21(15-20)30-17-22-8-5-14-29-22/h4,6-7,9-12,15,22H,2-3,5,8,13-14,16-17H2,1H3,(H,25,27)(H,26,28). The van der Waals surface area contributed by atoms with Gasteiger partial charge in [-0.3, -0.25) is 9.59 Å². The van der Waals surface area contributed by atoms with Crippen LogP contribution in [0.5, 0.6) is 5.75 Å². The molecule has 1 unspecified atom stereocenters. The van der Waals surface area contributed by atoms with Gasteiger partial charge in [-0.1, -0.05) is 31.5 Å². The molecular weight excluding hydrogens is 380 g/mol. The summed E-state index contributed by atoms with van der Waals surface area (Å²) in [7, 11) is 0. The molecule has 0 aliphatic carbocycles. The summed E-state index contributed by atoms with van der Waals surface area (Å²) in [6.45, 7) is 4.45. The zero-order chi connectivity index (χ0) is 21.2. The molecule has 0 radical (unpaired) electrons. The third-order valence-corrected chi connectivity index (χ3v) is 5.04. The average Bonchev–Trinajstić information content (AvgIpc) is 3.30. The van der Waals surface area contributed by atoms with Crippen LogP contribution in [0.1, 0.15) is 58.9 Å². The number of carbonyl (C=O) groups excluding carboxylic acids is 2. The van der Waals surface area contributed by atoms with Crippen molar-refractivity contribution in [3.05, 3.63) is 65.2 Å².